The Morgan fingerprint density at radius 3 is 2.96 bits per heavy atom. The molecular weight excluding hydrogens is 290 g/mol. The van der Waals surface area contributed by atoms with Crippen LogP contribution in [0.25, 0.3) is 21.9 Å². The number of nitrogens with zero attached hydrogens (tertiary/aromatic N) is 2. The van der Waals surface area contributed by atoms with Crippen molar-refractivity contribution in [1.29, 1.82) is 0 Å². The molecule has 2 aromatic heterocycles. The number of fused-ring (bicyclic) bond motifs is 5. The molecular formula is C18H17N3O2. The number of amides is 1. The monoisotopic (exact) mass is 307 g/mol. The van der Waals surface area contributed by atoms with E-state index in [-0.39, 0.29) is 11.9 Å². The maximum absolute atomic E-state index is 12.6. The number of carbonyl (C=O) groups is 1. The van der Waals surface area contributed by atoms with Crippen LogP contribution in [0.1, 0.15) is 16.9 Å². The van der Waals surface area contributed by atoms with E-state index in [2.05, 4.69) is 15.2 Å². The van der Waals surface area contributed by atoms with Crippen molar-refractivity contribution in [2.75, 3.05) is 19.6 Å². The summed E-state index contributed by atoms with van der Waals surface area (Å²) in [5.41, 5.74) is 2.00. The molecule has 2 aliphatic heterocycles. The lowest BCUT2D eigenvalue weighted by atomic mass is 10.00. The largest absolute Gasteiger partial charge is 0.454 e. The summed E-state index contributed by atoms with van der Waals surface area (Å²) in [6, 6.07) is 9.95. The molecule has 2 fully saturated rings. The summed E-state index contributed by atoms with van der Waals surface area (Å²) in [5, 5.41) is 5.12. The molecule has 3 aromatic rings. The zero-order valence-electron chi connectivity index (χ0n) is 12.7. The Morgan fingerprint density at radius 2 is 2.13 bits per heavy atom. The number of pyridine rings is 1. The molecule has 1 aromatic carbocycles. The highest BCUT2D eigenvalue weighted by atomic mass is 16.3. The first-order chi connectivity index (χ1) is 11.3. The van der Waals surface area contributed by atoms with E-state index >= 15 is 0 Å². The van der Waals surface area contributed by atoms with E-state index in [0.717, 1.165) is 29.4 Å². The smallest absolute Gasteiger partial charge is 0.270 e. The minimum Gasteiger partial charge on any atom is -0.454 e. The summed E-state index contributed by atoms with van der Waals surface area (Å²) in [7, 11) is 0. The number of furan rings is 1. The Morgan fingerprint density at radius 1 is 1.22 bits per heavy atom. The van der Waals surface area contributed by atoms with Crippen LogP contribution < -0.4 is 5.32 Å². The topological polar surface area (TPSA) is 58.4 Å². The number of hydrogen-bond acceptors (Lipinski definition) is 4. The minimum atomic E-state index is -0.0871. The minimum absolute atomic E-state index is 0.0871. The van der Waals surface area contributed by atoms with Crippen LogP contribution >= 0.6 is 0 Å². The molecule has 5 rings (SSSR count). The molecule has 4 heterocycles. The zero-order chi connectivity index (χ0) is 15.4. The van der Waals surface area contributed by atoms with Crippen LogP contribution in [-0.4, -0.2) is 41.5 Å². The second kappa shape index (κ2) is 4.80. The first-order valence-electron chi connectivity index (χ1n) is 8.08. The lowest BCUT2D eigenvalue weighted by molar-refractivity contribution is 0.0919. The van der Waals surface area contributed by atoms with Gasteiger partial charge in [0.1, 0.15) is 11.3 Å². The summed E-state index contributed by atoms with van der Waals surface area (Å²) in [6.07, 6.45) is 2.83. The highest BCUT2D eigenvalue weighted by molar-refractivity contribution is 6.07. The lowest BCUT2D eigenvalue weighted by Gasteiger charge is -2.22. The molecule has 5 nitrogen and oxygen atoms in total. The maximum Gasteiger partial charge on any atom is 0.270 e. The summed E-state index contributed by atoms with van der Waals surface area (Å²) < 4.78 is 5.76. The quantitative estimate of drug-likeness (QED) is 0.790. The molecule has 0 saturated carbocycles. The molecule has 0 aliphatic carbocycles. The van der Waals surface area contributed by atoms with E-state index < -0.39 is 0 Å². The SMILES string of the molecule is O=C(NC1CN2CC[C@H]1C2)c1cc2c(cn1)oc1ccccc12. The van der Waals surface area contributed by atoms with Crippen molar-refractivity contribution >= 4 is 27.8 Å². The Kier molecular flexibility index (Phi) is 2.73. The van der Waals surface area contributed by atoms with Gasteiger partial charge >= 0.3 is 0 Å². The average Bonchev–Trinajstić information content (AvgIpc) is 3.27. The first-order valence-corrected chi connectivity index (χ1v) is 8.08. The Bertz CT molecular complexity index is 917. The fourth-order valence-corrected chi connectivity index (χ4v) is 3.95. The Balaban J connectivity index is 1.47. The third kappa shape index (κ3) is 2.04. The maximum atomic E-state index is 12.6. The van der Waals surface area contributed by atoms with Gasteiger partial charge in [0.05, 0.1) is 6.20 Å². The van der Waals surface area contributed by atoms with Crippen LogP contribution in [0.2, 0.25) is 0 Å². The summed E-state index contributed by atoms with van der Waals surface area (Å²) >= 11 is 0. The summed E-state index contributed by atoms with van der Waals surface area (Å²) in [5.74, 6) is 0.508. The molecule has 0 radical (unpaired) electrons. The summed E-state index contributed by atoms with van der Waals surface area (Å²) in [6.45, 7) is 3.25. The molecule has 0 spiro atoms. The molecule has 2 bridgehead atoms. The molecule has 1 amide bonds. The third-order valence-electron chi connectivity index (χ3n) is 5.15. The van der Waals surface area contributed by atoms with Crippen molar-refractivity contribution < 1.29 is 9.21 Å². The Hall–Kier alpha value is -2.40. The van der Waals surface area contributed by atoms with Crippen molar-refractivity contribution in [2.45, 2.75) is 12.5 Å². The van der Waals surface area contributed by atoms with Crippen LogP contribution in [0.3, 0.4) is 0 Å². The van der Waals surface area contributed by atoms with Crippen molar-refractivity contribution in [3.63, 3.8) is 0 Å². The van der Waals surface area contributed by atoms with Crippen LogP contribution in [0, 0.1) is 5.92 Å². The standard InChI is InChI=1S/C18H17N3O2/c22-18(20-15-10-21-6-5-11(15)9-21)14-7-13-12-3-1-2-4-16(12)23-17(13)8-19-14/h1-4,7-8,11,15H,5-6,9-10H2,(H,20,22)/t11-,15?/m0/s1. The van der Waals surface area contributed by atoms with Gasteiger partial charge in [-0.25, -0.2) is 4.98 Å². The second-order valence-electron chi connectivity index (χ2n) is 6.55. The number of rotatable bonds is 2. The van der Waals surface area contributed by atoms with Crippen LogP contribution in [0.4, 0.5) is 0 Å². The predicted octanol–water partition coefficient (Wildman–Crippen LogP) is 2.41. The lowest BCUT2D eigenvalue weighted by Crippen LogP contribution is -2.43. The fraction of sp³-hybridized carbons (Fsp3) is 0.333. The zero-order valence-corrected chi connectivity index (χ0v) is 12.7. The fourth-order valence-electron chi connectivity index (χ4n) is 3.95. The van der Waals surface area contributed by atoms with E-state index in [1.54, 1.807) is 6.20 Å². The number of benzene rings is 1. The van der Waals surface area contributed by atoms with E-state index in [4.69, 9.17) is 4.42 Å². The van der Waals surface area contributed by atoms with Gasteiger partial charge in [0.25, 0.3) is 5.91 Å². The van der Waals surface area contributed by atoms with E-state index in [1.807, 2.05) is 30.3 Å². The number of para-hydroxylation sites is 1. The van der Waals surface area contributed by atoms with E-state index in [9.17, 15) is 4.79 Å². The van der Waals surface area contributed by atoms with Gasteiger partial charge in [0, 0.05) is 29.9 Å². The van der Waals surface area contributed by atoms with Gasteiger partial charge in [-0.15, -0.1) is 0 Å². The molecule has 2 saturated heterocycles. The molecule has 3 atom stereocenters. The van der Waals surface area contributed by atoms with Gasteiger partial charge in [-0.1, -0.05) is 18.2 Å². The normalized spacial score (nSPS) is 26.2. The van der Waals surface area contributed by atoms with Crippen molar-refractivity contribution in [3.8, 4) is 0 Å². The van der Waals surface area contributed by atoms with Crippen molar-refractivity contribution in [2.24, 2.45) is 5.92 Å². The van der Waals surface area contributed by atoms with Crippen LogP contribution in [0.5, 0.6) is 0 Å². The van der Waals surface area contributed by atoms with Crippen molar-refractivity contribution in [1.82, 2.24) is 15.2 Å². The molecule has 1 N–H and O–H groups in total. The average molecular weight is 307 g/mol. The molecule has 2 unspecified atom stereocenters. The molecule has 2 aliphatic rings. The number of piperidine rings is 1. The highest BCUT2D eigenvalue weighted by Crippen LogP contribution is 2.29. The molecule has 23 heavy (non-hydrogen) atoms. The molecule has 5 heteroatoms. The van der Waals surface area contributed by atoms with Crippen LogP contribution in [-0.2, 0) is 0 Å². The van der Waals surface area contributed by atoms with E-state index in [1.165, 1.54) is 13.0 Å². The predicted molar refractivity (Wildman–Crippen MR) is 87.3 cm³/mol. The van der Waals surface area contributed by atoms with Gasteiger partial charge in [-0.2, -0.15) is 0 Å². The van der Waals surface area contributed by atoms with Crippen molar-refractivity contribution in [3.05, 3.63) is 42.2 Å². The Labute approximate surface area is 133 Å². The number of carbonyl (C=O) groups excluding carboxylic acids is 1. The van der Waals surface area contributed by atoms with Gasteiger partial charge < -0.3 is 14.6 Å². The third-order valence-corrected chi connectivity index (χ3v) is 5.15. The van der Waals surface area contributed by atoms with Gasteiger partial charge in [-0.3, -0.25) is 4.79 Å². The molecule has 116 valence electrons. The number of aromatic nitrogens is 1. The number of hydrogen-bond donors (Lipinski definition) is 1. The number of nitrogens with one attached hydrogen (secondary N) is 1. The van der Waals surface area contributed by atoms with Gasteiger partial charge in [-0.05, 0) is 31.0 Å². The first kappa shape index (κ1) is 13.1. The summed E-state index contributed by atoms with van der Waals surface area (Å²) in [4.78, 5) is 19.3. The second-order valence-corrected chi connectivity index (χ2v) is 6.55. The highest BCUT2D eigenvalue weighted by Gasteiger charge is 2.38. The van der Waals surface area contributed by atoms with Crippen LogP contribution in [0.15, 0.2) is 40.9 Å². The van der Waals surface area contributed by atoms with E-state index in [0.29, 0.717) is 17.2 Å². The van der Waals surface area contributed by atoms with Gasteiger partial charge in [0.15, 0.2) is 5.58 Å². The van der Waals surface area contributed by atoms with Gasteiger partial charge in [0.2, 0.25) is 0 Å².